The number of anilines is 1. The standard InChI is InChI=1S/C22H28N4/c1-7-9-25-10-8-18-16(5)23-21-20(17(6)24-26(21)22(18)25)19-14(3)11-13(2)12-15(19)4/h11-12H,7-10H2,1-6H3. The molecule has 0 aliphatic carbocycles. The highest BCUT2D eigenvalue weighted by atomic mass is 15.4. The van der Waals surface area contributed by atoms with E-state index in [1.54, 1.807) is 0 Å². The van der Waals surface area contributed by atoms with E-state index < -0.39 is 0 Å². The Bertz CT molecular complexity index is 990. The number of hydrogen-bond donors (Lipinski definition) is 0. The van der Waals surface area contributed by atoms with Crippen LogP contribution in [0, 0.1) is 34.6 Å². The minimum Gasteiger partial charge on any atom is -0.356 e. The fourth-order valence-electron chi connectivity index (χ4n) is 4.61. The Kier molecular flexibility index (Phi) is 4.02. The number of hydrogen-bond acceptors (Lipinski definition) is 3. The molecule has 1 aliphatic rings. The van der Waals surface area contributed by atoms with Crippen molar-refractivity contribution in [1.29, 1.82) is 0 Å². The fourth-order valence-corrected chi connectivity index (χ4v) is 4.61. The SMILES string of the molecule is CCCN1CCc2c(C)nc3c(-c4c(C)cc(C)cc4C)c(C)nn3c21. The van der Waals surface area contributed by atoms with Crippen molar-refractivity contribution in [2.45, 2.75) is 54.4 Å². The largest absolute Gasteiger partial charge is 0.356 e. The van der Waals surface area contributed by atoms with E-state index in [4.69, 9.17) is 10.1 Å². The van der Waals surface area contributed by atoms with Crippen LogP contribution in [0.2, 0.25) is 0 Å². The molecule has 0 spiro atoms. The van der Waals surface area contributed by atoms with Crippen LogP contribution in [-0.2, 0) is 6.42 Å². The lowest BCUT2D eigenvalue weighted by Crippen LogP contribution is -2.23. The van der Waals surface area contributed by atoms with E-state index >= 15 is 0 Å². The molecule has 0 unspecified atom stereocenters. The first kappa shape index (κ1) is 17.1. The van der Waals surface area contributed by atoms with E-state index in [-0.39, 0.29) is 0 Å². The average molecular weight is 348 g/mol. The third-order valence-electron chi connectivity index (χ3n) is 5.57. The number of fused-ring (bicyclic) bond motifs is 3. The van der Waals surface area contributed by atoms with Crippen LogP contribution in [0.1, 0.15) is 47.0 Å². The molecule has 2 aromatic heterocycles. The summed E-state index contributed by atoms with van der Waals surface area (Å²) in [4.78, 5) is 7.49. The average Bonchev–Trinajstić information content (AvgIpc) is 3.10. The molecule has 26 heavy (non-hydrogen) atoms. The second-order valence-corrected chi connectivity index (χ2v) is 7.71. The smallest absolute Gasteiger partial charge is 0.165 e. The van der Waals surface area contributed by atoms with Crippen molar-refractivity contribution in [3.8, 4) is 11.1 Å². The van der Waals surface area contributed by atoms with Crippen molar-refractivity contribution in [3.63, 3.8) is 0 Å². The molecular formula is C22H28N4. The molecule has 0 bridgehead atoms. The van der Waals surface area contributed by atoms with Gasteiger partial charge in [-0.1, -0.05) is 24.6 Å². The van der Waals surface area contributed by atoms with Crippen molar-refractivity contribution in [2.75, 3.05) is 18.0 Å². The molecule has 3 heterocycles. The summed E-state index contributed by atoms with van der Waals surface area (Å²) in [5.41, 5.74) is 10.9. The number of aryl methyl sites for hydroxylation is 5. The maximum atomic E-state index is 5.02. The van der Waals surface area contributed by atoms with Gasteiger partial charge in [0.05, 0.1) is 11.3 Å². The first-order chi connectivity index (χ1) is 12.4. The summed E-state index contributed by atoms with van der Waals surface area (Å²) in [6.07, 6.45) is 2.21. The Morgan fingerprint density at radius 2 is 1.65 bits per heavy atom. The van der Waals surface area contributed by atoms with Gasteiger partial charge in [-0.05, 0) is 64.2 Å². The first-order valence-electron chi connectivity index (χ1n) is 9.64. The highest BCUT2D eigenvalue weighted by Crippen LogP contribution is 2.38. The van der Waals surface area contributed by atoms with Gasteiger partial charge in [0.25, 0.3) is 0 Å². The molecular weight excluding hydrogens is 320 g/mol. The lowest BCUT2D eigenvalue weighted by Gasteiger charge is -2.19. The van der Waals surface area contributed by atoms with Crippen LogP contribution in [0.4, 0.5) is 5.82 Å². The quantitative estimate of drug-likeness (QED) is 0.687. The van der Waals surface area contributed by atoms with Gasteiger partial charge >= 0.3 is 0 Å². The van der Waals surface area contributed by atoms with Gasteiger partial charge in [-0.25, -0.2) is 4.98 Å². The highest BCUT2D eigenvalue weighted by Gasteiger charge is 2.28. The van der Waals surface area contributed by atoms with Crippen molar-refractivity contribution in [3.05, 3.63) is 45.8 Å². The van der Waals surface area contributed by atoms with Crippen LogP contribution in [-0.4, -0.2) is 27.7 Å². The molecule has 0 saturated heterocycles. The van der Waals surface area contributed by atoms with Crippen LogP contribution in [0.25, 0.3) is 16.8 Å². The Hall–Kier alpha value is -2.36. The molecule has 4 heteroatoms. The molecule has 0 saturated carbocycles. The minimum atomic E-state index is 0.997. The minimum absolute atomic E-state index is 0.997. The molecule has 4 rings (SSSR count). The van der Waals surface area contributed by atoms with Gasteiger partial charge in [-0.2, -0.15) is 9.61 Å². The number of rotatable bonds is 3. The second kappa shape index (κ2) is 6.11. The van der Waals surface area contributed by atoms with Gasteiger partial charge in [-0.15, -0.1) is 0 Å². The Morgan fingerprint density at radius 3 is 2.31 bits per heavy atom. The Balaban J connectivity index is 2.04. The summed E-state index contributed by atoms with van der Waals surface area (Å²) in [7, 11) is 0. The third kappa shape index (κ3) is 2.43. The summed E-state index contributed by atoms with van der Waals surface area (Å²) in [5, 5.41) is 4.95. The molecule has 136 valence electrons. The number of nitrogens with zero attached hydrogens (tertiary/aromatic N) is 4. The van der Waals surface area contributed by atoms with Gasteiger partial charge in [0.1, 0.15) is 5.82 Å². The zero-order valence-corrected chi connectivity index (χ0v) is 16.8. The van der Waals surface area contributed by atoms with Gasteiger partial charge in [-0.3, -0.25) is 0 Å². The first-order valence-corrected chi connectivity index (χ1v) is 9.64. The van der Waals surface area contributed by atoms with E-state index in [9.17, 15) is 0 Å². The molecule has 3 aromatic rings. The van der Waals surface area contributed by atoms with Crippen molar-refractivity contribution in [2.24, 2.45) is 0 Å². The predicted octanol–water partition coefficient (Wildman–Crippen LogP) is 4.71. The number of aromatic nitrogens is 3. The van der Waals surface area contributed by atoms with Crippen LogP contribution < -0.4 is 4.90 Å². The molecule has 0 radical (unpaired) electrons. The molecule has 0 fully saturated rings. The normalized spacial score (nSPS) is 13.7. The predicted molar refractivity (Wildman–Crippen MR) is 108 cm³/mol. The zero-order chi connectivity index (χ0) is 18.6. The number of benzene rings is 1. The maximum absolute atomic E-state index is 5.02. The van der Waals surface area contributed by atoms with Gasteiger partial charge < -0.3 is 4.90 Å². The summed E-state index contributed by atoms with van der Waals surface area (Å²) >= 11 is 0. The topological polar surface area (TPSA) is 33.4 Å². The van der Waals surface area contributed by atoms with E-state index in [0.29, 0.717) is 0 Å². The van der Waals surface area contributed by atoms with Crippen LogP contribution in [0.5, 0.6) is 0 Å². The molecule has 0 atom stereocenters. The lowest BCUT2D eigenvalue weighted by atomic mass is 9.94. The zero-order valence-electron chi connectivity index (χ0n) is 16.8. The van der Waals surface area contributed by atoms with Crippen molar-refractivity contribution < 1.29 is 0 Å². The fraction of sp³-hybridized carbons (Fsp3) is 0.455. The second-order valence-electron chi connectivity index (χ2n) is 7.71. The van der Waals surface area contributed by atoms with Gasteiger partial charge in [0.2, 0.25) is 0 Å². The van der Waals surface area contributed by atoms with Crippen molar-refractivity contribution >= 4 is 11.5 Å². The van der Waals surface area contributed by atoms with E-state index in [1.165, 1.54) is 39.2 Å². The van der Waals surface area contributed by atoms with E-state index in [2.05, 4.69) is 63.1 Å². The summed E-state index contributed by atoms with van der Waals surface area (Å²) in [5.74, 6) is 1.26. The summed E-state index contributed by atoms with van der Waals surface area (Å²) < 4.78 is 2.11. The van der Waals surface area contributed by atoms with E-state index in [0.717, 1.165) is 43.0 Å². The maximum Gasteiger partial charge on any atom is 0.165 e. The van der Waals surface area contributed by atoms with Crippen LogP contribution in [0.3, 0.4) is 0 Å². The molecule has 4 nitrogen and oxygen atoms in total. The summed E-state index contributed by atoms with van der Waals surface area (Å²) in [6.45, 7) is 15.2. The monoisotopic (exact) mass is 348 g/mol. The van der Waals surface area contributed by atoms with Crippen LogP contribution >= 0.6 is 0 Å². The summed E-state index contributed by atoms with van der Waals surface area (Å²) in [6, 6.07) is 4.52. The lowest BCUT2D eigenvalue weighted by molar-refractivity contribution is 0.768. The molecule has 1 aromatic carbocycles. The molecule has 0 amide bonds. The third-order valence-corrected chi connectivity index (χ3v) is 5.57. The van der Waals surface area contributed by atoms with Gasteiger partial charge in [0, 0.05) is 24.3 Å². The van der Waals surface area contributed by atoms with Crippen molar-refractivity contribution in [1.82, 2.24) is 14.6 Å². The van der Waals surface area contributed by atoms with Gasteiger partial charge in [0.15, 0.2) is 5.65 Å². The molecule has 1 aliphatic heterocycles. The van der Waals surface area contributed by atoms with Crippen LogP contribution in [0.15, 0.2) is 12.1 Å². The van der Waals surface area contributed by atoms with E-state index in [1.807, 2.05) is 0 Å². The Labute approximate surface area is 155 Å². The Morgan fingerprint density at radius 1 is 0.962 bits per heavy atom. The highest BCUT2D eigenvalue weighted by molar-refractivity contribution is 5.85. The molecule has 0 N–H and O–H groups in total.